The number of methoxy groups -OCH3 is 2. The molecule has 426 valence electrons. The lowest BCUT2D eigenvalue weighted by Crippen LogP contribution is -2.68. The Bertz CT molecular complexity index is 3530. The highest BCUT2D eigenvalue weighted by molar-refractivity contribution is 6.12. The predicted octanol–water partition coefficient (Wildman–Crippen LogP) is 16.2. The first kappa shape index (κ1) is 57.5. The van der Waals surface area contributed by atoms with Gasteiger partial charge in [-0.15, -0.1) is 0 Å². The van der Waals surface area contributed by atoms with Crippen LogP contribution >= 0.6 is 0 Å². The van der Waals surface area contributed by atoms with Gasteiger partial charge in [-0.05, 0) is 191 Å². The van der Waals surface area contributed by atoms with Gasteiger partial charge in [-0.3, -0.25) is 19.2 Å². The Hall–Kier alpha value is -7.74. The van der Waals surface area contributed by atoms with E-state index in [1.807, 2.05) is 24.3 Å². The number of carbonyl (C=O) groups is 4. The molecule has 11 rings (SSSR count). The summed E-state index contributed by atoms with van der Waals surface area (Å²) in [5, 5.41) is 1.25. The number of fused-ring (bicyclic) bond motifs is 1. The number of halogens is 6. The smallest absolute Gasteiger partial charge is 0.411 e. The van der Waals surface area contributed by atoms with E-state index in [0.29, 0.717) is 57.7 Å². The van der Waals surface area contributed by atoms with E-state index in [2.05, 4.69) is 12.1 Å². The van der Waals surface area contributed by atoms with Crippen molar-refractivity contribution < 1.29 is 64.5 Å². The molecule has 0 heterocycles. The highest BCUT2D eigenvalue weighted by Gasteiger charge is 2.73. The highest BCUT2D eigenvalue weighted by atomic mass is 19.4. The van der Waals surface area contributed by atoms with Crippen LogP contribution in [0.5, 0.6) is 23.0 Å². The van der Waals surface area contributed by atoms with Crippen molar-refractivity contribution >= 4 is 33.9 Å². The van der Waals surface area contributed by atoms with Gasteiger partial charge in [-0.2, -0.15) is 26.3 Å². The third-order valence-electron chi connectivity index (χ3n) is 18.8. The Balaban J connectivity index is 1.12. The van der Waals surface area contributed by atoms with Crippen LogP contribution in [-0.4, -0.2) is 60.9 Å². The Kier molecular flexibility index (Phi) is 14.7. The molecule has 82 heavy (non-hydrogen) atoms. The lowest BCUT2D eigenvalue weighted by molar-refractivity contribution is -0.288. The number of ketones is 4. The van der Waals surface area contributed by atoms with E-state index >= 15 is 35.9 Å². The molecule has 4 saturated carbocycles. The lowest BCUT2D eigenvalue weighted by Gasteiger charge is -2.62. The van der Waals surface area contributed by atoms with Gasteiger partial charge in [0.15, 0.2) is 23.0 Å². The summed E-state index contributed by atoms with van der Waals surface area (Å²) in [4.78, 5) is 57.1. The first-order valence-corrected chi connectivity index (χ1v) is 27.5. The fourth-order valence-corrected chi connectivity index (χ4v) is 14.4. The van der Waals surface area contributed by atoms with Gasteiger partial charge in [0.05, 0.1) is 14.2 Å². The zero-order valence-corrected chi connectivity index (χ0v) is 46.9. The molecule has 8 nitrogen and oxygen atoms in total. The zero-order chi connectivity index (χ0) is 59.0. The standard InChI is InChI=1S/C68H64F6O8/c1-40(75)44-9-11-45(12-10-44)60(77)63(5,62(3,4)81-58-31-23-53(24-32-58)66(67(69,70)71,68(72,73)74)52-21-27-57(80-8)28-22-52)64(6,61(78)49-16-15-47-38-46(41(2)76)13-14-48(47)39-49)82-59-29-19-51(20-30-59)65(50-17-25-56(79-7)26-18-50)54-34-42-33-43(36-54)37-55(65)35-42/h9-32,38-39,42-43,54-55H,33-37H2,1-8H3. The SMILES string of the molecule is COc1ccc(C2(c3ccc(OC(C)(C(=O)c4ccc5cc(C(C)=O)ccc5c4)C(C)(C(=O)c4ccc(C(C)=O)cc4)C(C)(C)Oc4ccc(C(c5ccc(OC)cc5)(C(F)(F)F)C(F)(F)F)cc4)cc3)C3CC4CC(C3)CC2C4)cc1. The molecule has 4 fully saturated rings. The number of hydrogen-bond donors (Lipinski definition) is 0. The zero-order valence-electron chi connectivity index (χ0n) is 46.9. The first-order chi connectivity index (χ1) is 38.7. The summed E-state index contributed by atoms with van der Waals surface area (Å²) >= 11 is 0. The fraction of sp³-hybridized carbons (Fsp3) is 0.353. The molecule has 14 heteroatoms. The van der Waals surface area contributed by atoms with E-state index in [4.69, 9.17) is 18.9 Å². The van der Waals surface area contributed by atoms with Gasteiger partial charge in [-0.25, -0.2) is 0 Å². The highest BCUT2D eigenvalue weighted by Crippen LogP contribution is 2.66. The number of Topliss-reactive ketones (excluding diaryl/α,β-unsaturated/α-hetero) is 4. The summed E-state index contributed by atoms with van der Waals surface area (Å²) in [5.41, 5.74) is -10.4. The number of benzene rings is 7. The quantitative estimate of drug-likeness (QED) is 0.0618. The third kappa shape index (κ3) is 9.34. The third-order valence-corrected chi connectivity index (χ3v) is 18.8. The average Bonchev–Trinajstić information content (AvgIpc) is 1.02. The van der Waals surface area contributed by atoms with Crippen molar-refractivity contribution in [3.05, 3.63) is 202 Å². The number of ether oxygens (including phenoxy) is 4. The summed E-state index contributed by atoms with van der Waals surface area (Å²) in [7, 11) is 2.87. The van der Waals surface area contributed by atoms with Crippen molar-refractivity contribution in [2.75, 3.05) is 14.2 Å². The summed E-state index contributed by atoms with van der Waals surface area (Å²) in [6, 6.07) is 38.6. The van der Waals surface area contributed by atoms with Crippen LogP contribution in [-0.2, 0) is 10.8 Å². The maximum atomic E-state index is 16.1. The number of rotatable bonds is 18. The molecule has 0 radical (unpaired) electrons. The Morgan fingerprint density at radius 2 is 0.817 bits per heavy atom. The largest absolute Gasteiger partial charge is 0.497 e. The van der Waals surface area contributed by atoms with E-state index in [1.165, 1.54) is 84.9 Å². The minimum Gasteiger partial charge on any atom is -0.497 e. The van der Waals surface area contributed by atoms with E-state index in [1.54, 1.807) is 55.6 Å². The monoisotopic (exact) mass is 1120 g/mol. The van der Waals surface area contributed by atoms with Gasteiger partial charge >= 0.3 is 12.4 Å². The summed E-state index contributed by atoms with van der Waals surface area (Å²) in [6.07, 6.45) is -6.19. The Morgan fingerprint density at radius 3 is 1.26 bits per heavy atom. The van der Waals surface area contributed by atoms with E-state index in [0.717, 1.165) is 73.4 Å². The molecule has 0 saturated heterocycles. The summed E-state index contributed by atoms with van der Waals surface area (Å²) < 4.78 is 117. The van der Waals surface area contributed by atoms with Crippen molar-refractivity contribution in [1.29, 1.82) is 0 Å². The van der Waals surface area contributed by atoms with Crippen molar-refractivity contribution in [3.63, 3.8) is 0 Å². The molecule has 0 amide bonds. The number of carbonyl (C=O) groups excluding carboxylic acids is 4. The van der Waals surface area contributed by atoms with Crippen molar-refractivity contribution in [2.45, 2.75) is 108 Å². The molecule has 0 N–H and O–H groups in total. The molecule has 4 aliphatic carbocycles. The van der Waals surface area contributed by atoms with Crippen LogP contribution in [0.2, 0.25) is 0 Å². The molecule has 2 unspecified atom stereocenters. The van der Waals surface area contributed by atoms with Crippen LogP contribution in [0.4, 0.5) is 26.3 Å². The van der Waals surface area contributed by atoms with E-state index in [-0.39, 0.29) is 45.4 Å². The molecule has 7 aromatic rings. The second-order valence-electron chi connectivity index (χ2n) is 23.4. The predicted molar refractivity (Wildman–Crippen MR) is 300 cm³/mol. The van der Waals surface area contributed by atoms with Crippen LogP contribution < -0.4 is 18.9 Å². The van der Waals surface area contributed by atoms with Gasteiger partial charge < -0.3 is 18.9 Å². The topological polar surface area (TPSA) is 105 Å². The van der Waals surface area contributed by atoms with Gasteiger partial charge in [0, 0.05) is 27.7 Å². The van der Waals surface area contributed by atoms with Gasteiger partial charge in [0.2, 0.25) is 11.2 Å². The van der Waals surface area contributed by atoms with Crippen molar-refractivity contribution in [2.24, 2.45) is 29.1 Å². The molecule has 7 aromatic carbocycles. The Morgan fingerprint density at radius 1 is 0.439 bits per heavy atom. The van der Waals surface area contributed by atoms with Gasteiger partial charge in [0.1, 0.15) is 34.0 Å². The summed E-state index contributed by atoms with van der Waals surface area (Å²) in [6.45, 7) is 8.79. The van der Waals surface area contributed by atoms with Crippen molar-refractivity contribution in [1.82, 2.24) is 0 Å². The van der Waals surface area contributed by atoms with Gasteiger partial charge in [-0.1, -0.05) is 97.1 Å². The molecule has 0 spiro atoms. The maximum Gasteiger partial charge on any atom is 0.411 e. The first-order valence-electron chi connectivity index (χ1n) is 27.5. The molecule has 0 aromatic heterocycles. The number of hydrogen-bond acceptors (Lipinski definition) is 8. The average molecular weight is 1120 g/mol. The second-order valence-corrected chi connectivity index (χ2v) is 23.4. The van der Waals surface area contributed by atoms with E-state index in [9.17, 15) is 9.59 Å². The van der Waals surface area contributed by atoms with E-state index < -0.39 is 57.1 Å². The molecule has 4 bridgehead atoms. The normalized spacial score (nSPS) is 21.2. The molecule has 4 aliphatic rings. The minimum atomic E-state index is -5.90. The van der Waals surface area contributed by atoms with Crippen LogP contribution in [0, 0.1) is 29.1 Å². The van der Waals surface area contributed by atoms with Crippen molar-refractivity contribution in [3.8, 4) is 23.0 Å². The molecular formula is C68H64F6O8. The second kappa shape index (κ2) is 20.9. The fourth-order valence-electron chi connectivity index (χ4n) is 14.4. The van der Waals surface area contributed by atoms with Gasteiger partial charge in [0.25, 0.3) is 0 Å². The molecular weight excluding hydrogens is 1060 g/mol. The lowest BCUT2D eigenvalue weighted by atomic mass is 9.42. The van der Waals surface area contributed by atoms with Crippen LogP contribution in [0.15, 0.2) is 158 Å². The Labute approximate surface area is 473 Å². The summed E-state index contributed by atoms with van der Waals surface area (Å²) in [5.74, 6) is 0.958. The minimum absolute atomic E-state index is 0.0377. The van der Waals surface area contributed by atoms with Crippen LogP contribution in [0.3, 0.4) is 0 Å². The maximum absolute atomic E-state index is 16.1. The number of alkyl halides is 6. The molecule has 0 aliphatic heterocycles. The molecule has 2 atom stereocenters. The van der Waals surface area contributed by atoms with Crippen LogP contribution in [0.25, 0.3) is 10.8 Å². The van der Waals surface area contributed by atoms with Crippen LogP contribution in [0.1, 0.15) is 137 Å².